The lowest BCUT2D eigenvalue weighted by atomic mass is 9.83. The van der Waals surface area contributed by atoms with E-state index in [1.165, 1.54) is 30.4 Å². The molecule has 1 aliphatic carbocycles. The third-order valence-corrected chi connectivity index (χ3v) is 7.57. The number of pyridine rings is 1. The molecule has 0 unspecified atom stereocenters. The van der Waals surface area contributed by atoms with Gasteiger partial charge in [-0.25, -0.2) is 23.7 Å². The zero-order valence-electron chi connectivity index (χ0n) is 16.2. The highest BCUT2D eigenvalue weighted by Crippen LogP contribution is 2.65. The van der Waals surface area contributed by atoms with Crippen LogP contribution < -0.4 is 5.73 Å². The molecule has 1 fully saturated rings. The third kappa shape index (κ3) is 3.26. The summed E-state index contributed by atoms with van der Waals surface area (Å²) in [7, 11) is 0. The van der Waals surface area contributed by atoms with Crippen LogP contribution in [0.3, 0.4) is 0 Å². The number of benzene rings is 1. The molecule has 1 aliphatic heterocycles. The Morgan fingerprint density at radius 2 is 2.10 bits per heavy atom. The molecule has 2 aromatic heterocycles. The molecule has 3 atom stereocenters. The quantitative estimate of drug-likeness (QED) is 0.604. The van der Waals surface area contributed by atoms with Gasteiger partial charge in [-0.1, -0.05) is 29.4 Å². The number of rotatable bonds is 5. The van der Waals surface area contributed by atoms with Crippen LogP contribution in [0.5, 0.6) is 0 Å². The van der Waals surface area contributed by atoms with Gasteiger partial charge in [-0.05, 0) is 30.2 Å². The van der Waals surface area contributed by atoms with Gasteiger partial charge >= 0.3 is 0 Å². The highest BCUT2D eigenvalue weighted by molar-refractivity contribution is 8.15. The van der Waals surface area contributed by atoms with Gasteiger partial charge in [-0.3, -0.25) is 4.98 Å². The Labute approximate surface area is 186 Å². The SMILES string of the molecule is NC1=N[C@](CF)(c2cc(Cc3ncnc4cc(Cl)cnc34)ccc2F)[C@@H]2C[C@]2(CO)S1. The van der Waals surface area contributed by atoms with Crippen LogP contribution >= 0.6 is 23.4 Å². The minimum atomic E-state index is -1.45. The number of halogens is 3. The van der Waals surface area contributed by atoms with Crippen LogP contribution in [-0.2, 0) is 12.0 Å². The number of nitrogens with two attached hydrogens (primary N) is 1. The minimum Gasteiger partial charge on any atom is -0.395 e. The van der Waals surface area contributed by atoms with Crippen molar-refractivity contribution in [2.75, 3.05) is 13.3 Å². The Kier molecular flexibility index (Phi) is 4.87. The summed E-state index contributed by atoms with van der Waals surface area (Å²) in [4.78, 5) is 17.2. The molecule has 2 aliphatic rings. The molecule has 1 aromatic carbocycles. The number of aliphatic hydroxyl groups is 1. The Bertz CT molecular complexity index is 1230. The second kappa shape index (κ2) is 7.36. The summed E-state index contributed by atoms with van der Waals surface area (Å²) in [5.41, 5.74) is 7.23. The summed E-state index contributed by atoms with van der Waals surface area (Å²) in [6.45, 7) is -1.07. The molecule has 3 heterocycles. The lowest BCUT2D eigenvalue weighted by Crippen LogP contribution is -2.41. The second-order valence-corrected chi connectivity index (χ2v) is 9.79. The molecule has 0 spiro atoms. The maximum absolute atomic E-state index is 15.0. The van der Waals surface area contributed by atoms with Crippen LogP contribution in [0, 0.1) is 11.7 Å². The molecule has 3 aromatic rings. The smallest absolute Gasteiger partial charge is 0.155 e. The van der Waals surface area contributed by atoms with Crippen LogP contribution in [0.15, 0.2) is 41.8 Å². The van der Waals surface area contributed by atoms with Gasteiger partial charge in [0.05, 0.1) is 27.6 Å². The van der Waals surface area contributed by atoms with E-state index in [0.29, 0.717) is 34.6 Å². The summed E-state index contributed by atoms with van der Waals surface area (Å²) in [5, 5.41) is 10.5. The van der Waals surface area contributed by atoms with E-state index in [2.05, 4.69) is 19.9 Å². The summed E-state index contributed by atoms with van der Waals surface area (Å²) >= 11 is 7.24. The number of hydrogen-bond acceptors (Lipinski definition) is 7. The van der Waals surface area contributed by atoms with Crippen LogP contribution in [0.2, 0.25) is 5.02 Å². The zero-order chi connectivity index (χ0) is 21.8. The fraction of sp³-hybridized carbons (Fsp3) is 0.333. The molecule has 0 saturated heterocycles. The Balaban J connectivity index is 1.57. The van der Waals surface area contributed by atoms with E-state index in [-0.39, 0.29) is 23.3 Å². The number of hydrogen-bond donors (Lipinski definition) is 2. The van der Waals surface area contributed by atoms with Crippen molar-refractivity contribution in [2.24, 2.45) is 16.6 Å². The molecular formula is C21H18ClF2N5OS. The van der Waals surface area contributed by atoms with E-state index in [0.717, 1.165) is 5.56 Å². The number of aromatic nitrogens is 3. The summed E-state index contributed by atoms with van der Waals surface area (Å²) in [5.74, 6) is -0.887. The van der Waals surface area contributed by atoms with Crippen molar-refractivity contribution in [3.63, 3.8) is 0 Å². The van der Waals surface area contributed by atoms with E-state index in [4.69, 9.17) is 17.3 Å². The number of alkyl halides is 1. The molecule has 5 rings (SSSR count). The van der Waals surface area contributed by atoms with E-state index in [9.17, 15) is 13.9 Å². The summed E-state index contributed by atoms with van der Waals surface area (Å²) in [6.07, 6.45) is 3.80. The van der Waals surface area contributed by atoms with Crippen LogP contribution in [0.25, 0.3) is 11.0 Å². The average molecular weight is 462 g/mol. The van der Waals surface area contributed by atoms with Crippen molar-refractivity contribution in [1.82, 2.24) is 15.0 Å². The number of fused-ring (bicyclic) bond motifs is 2. The number of aliphatic hydroxyl groups excluding tert-OH is 1. The van der Waals surface area contributed by atoms with Crippen molar-refractivity contribution >= 4 is 39.6 Å². The van der Waals surface area contributed by atoms with Crippen molar-refractivity contribution < 1.29 is 13.9 Å². The molecule has 1 saturated carbocycles. The molecule has 10 heteroatoms. The lowest BCUT2D eigenvalue weighted by Gasteiger charge is -2.34. The van der Waals surface area contributed by atoms with Gasteiger partial charge in [0, 0.05) is 24.1 Å². The van der Waals surface area contributed by atoms with E-state index >= 15 is 0 Å². The molecule has 6 nitrogen and oxygen atoms in total. The van der Waals surface area contributed by atoms with Gasteiger partial charge in [0.15, 0.2) is 5.17 Å². The number of thioether (sulfide) groups is 1. The molecule has 0 bridgehead atoms. The zero-order valence-corrected chi connectivity index (χ0v) is 17.8. The maximum Gasteiger partial charge on any atom is 0.155 e. The molecule has 31 heavy (non-hydrogen) atoms. The van der Waals surface area contributed by atoms with Crippen LogP contribution in [0.1, 0.15) is 23.2 Å². The Hall–Kier alpha value is -2.36. The van der Waals surface area contributed by atoms with Crippen molar-refractivity contribution in [1.29, 1.82) is 0 Å². The Morgan fingerprint density at radius 1 is 1.26 bits per heavy atom. The predicted octanol–water partition coefficient (Wildman–Crippen LogP) is 3.39. The number of nitrogens with zero attached hydrogens (tertiary/aromatic N) is 4. The van der Waals surface area contributed by atoms with Crippen molar-refractivity contribution in [3.05, 3.63) is 64.5 Å². The molecule has 0 amide bonds. The van der Waals surface area contributed by atoms with Gasteiger partial charge in [0.1, 0.15) is 29.9 Å². The van der Waals surface area contributed by atoms with Crippen LogP contribution in [0.4, 0.5) is 8.78 Å². The van der Waals surface area contributed by atoms with E-state index in [1.807, 2.05) is 0 Å². The van der Waals surface area contributed by atoms with Gasteiger partial charge in [0.25, 0.3) is 0 Å². The van der Waals surface area contributed by atoms with Crippen molar-refractivity contribution in [3.8, 4) is 0 Å². The predicted molar refractivity (Wildman–Crippen MR) is 116 cm³/mol. The fourth-order valence-corrected chi connectivity index (χ4v) is 5.90. The fourth-order valence-electron chi connectivity index (χ4n) is 4.47. The number of aliphatic imine (C=N–C) groups is 1. The van der Waals surface area contributed by atoms with Gasteiger partial charge in [0.2, 0.25) is 0 Å². The standard InChI is InChI=1S/C21H18ClF2N5OS/c22-12-5-16-18(26-7-12)15(27-10-28-16)4-11-1-2-14(24)13(3-11)21(8-23)17-6-20(17,9-30)31-19(25)29-21/h1-3,5,7,10,17,30H,4,6,8-9H2,(H2,25,29)/t17-,20-,21-/m1/s1. The van der Waals surface area contributed by atoms with Gasteiger partial charge in [-0.15, -0.1) is 0 Å². The van der Waals surface area contributed by atoms with Gasteiger partial charge in [-0.2, -0.15) is 0 Å². The first kappa shape index (κ1) is 20.5. The van der Waals surface area contributed by atoms with Crippen molar-refractivity contribution in [2.45, 2.75) is 23.1 Å². The highest BCUT2D eigenvalue weighted by atomic mass is 35.5. The first-order valence-electron chi connectivity index (χ1n) is 9.66. The topological polar surface area (TPSA) is 97.3 Å². The molecule has 160 valence electrons. The molecule has 3 N–H and O–H groups in total. The third-order valence-electron chi connectivity index (χ3n) is 6.08. The first-order chi connectivity index (χ1) is 14.9. The van der Waals surface area contributed by atoms with E-state index < -0.39 is 22.8 Å². The van der Waals surface area contributed by atoms with Gasteiger partial charge < -0.3 is 10.8 Å². The Morgan fingerprint density at radius 3 is 2.87 bits per heavy atom. The minimum absolute atomic E-state index is 0.144. The lowest BCUT2D eigenvalue weighted by molar-refractivity contribution is 0.231. The normalized spacial score (nSPS) is 27.1. The molecule has 0 radical (unpaired) electrons. The average Bonchev–Trinajstić information content (AvgIpc) is 3.50. The van der Waals surface area contributed by atoms with E-state index in [1.54, 1.807) is 18.2 Å². The second-order valence-electron chi connectivity index (χ2n) is 7.92. The monoisotopic (exact) mass is 461 g/mol. The summed E-state index contributed by atoms with van der Waals surface area (Å²) < 4.78 is 28.9. The highest BCUT2D eigenvalue weighted by Gasteiger charge is 2.68. The number of amidine groups is 1. The largest absolute Gasteiger partial charge is 0.395 e. The maximum atomic E-state index is 15.0. The first-order valence-corrected chi connectivity index (χ1v) is 10.9. The molecular weight excluding hydrogens is 444 g/mol. The van der Waals surface area contributed by atoms with Crippen LogP contribution in [-0.4, -0.2) is 43.3 Å². The summed E-state index contributed by atoms with van der Waals surface area (Å²) in [6, 6.07) is 6.26.